The smallest absolute Gasteiger partial charge is 0.279 e. The Bertz CT molecular complexity index is 378. The van der Waals surface area contributed by atoms with Gasteiger partial charge in [0, 0.05) is 39.8 Å². The highest BCUT2D eigenvalue weighted by molar-refractivity contribution is 7.87. The van der Waals surface area contributed by atoms with Crippen LogP contribution in [-0.2, 0) is 14.9 Å². The molecule has 0 amide bonds. The maximum Gasteiger partial charge on any atom is 0.279 e. The van der Waals surface area contributed by atoms with E-state index in [2.05, 4.69) is 4.72 Å². The van der Waals surface area contributed by atoms with Gasteiger partial charge in [-0.05, 0) is 19.8 Å². The largest absolute Gasteiger partial charge is 0.389 e. The van der Waals surface area contributed by atoms with E-state index in [9.17, 15) is 13.5 Å². The average Bonchev–Trinajstić information content (AvgIpc) is 2.43. The molecule has 1 rings (SSSR count). The van der Waals surface area contributed by atoms with E-state index < -0.39 is 15.8 Å². The minimum Gasteiger partial charge on any atom is -0.389 e. The zero-order valence-electron chi connectivity index (χ0n) is 12.8. The van der Waals surface area contributed by atoms with Gasteiger partial charge in [0.1, 0.15) is 0 Å². The summed E-state index contributed by atoms with van der Waals surface area (Å²) in [5, 5.41) is 10.1. The van der Waals surface area contributed by atoms with Crippen molar-refractivity contribution in [1.29, 1.82) is 0 Å². The lowest BCUT2D eigenvalue weighted by Gasteiger charge is -2.31. The summed E-state index contributed by atoms with van der Waals surface area (Å²) in [6.07, 6.45) is 5.56. The molecule has 0 saturated heterocycles. The lowest BCUT2D eigenvalue weighted by atomic mass is 9.96. The molecule has 0 aromatic carbocycles. The monoisotopic (exact) mass is 308 g/mol. The number of hydrogen-bond donors (Lipinski definition) is 2. The van der Waals surface area contributed by atoms with Crippen LogP contribution in [-0.4, -0.2) is 56.8 Å². The molecule has 1 fully saturated rings. The van der Waals surface area contributed by atoms with Gasteiger partial charge in [0.25, 0.3) is 10.2 Å². The first-order valence-corrected chi connectivity index (χ1v) is 8.66. The molecule has 0 heterocycles. The van der Waals surface area contributed by atoms with E-state index in [4.69, 9.17) is 4.74 Å². The van der Waals surface area contributed by atoms with Gasteiger partial charge in [-0.25, -0.2) is 0 Å². The summed E-state index contributed by atoms with van der Waals surface area (Å²) in [5.41, 5.74) is -1.10. The molecule has 0 aliphatic heterocycles. The maximum absolute atomic E-state index is 12.2. The Kier molecular flexibility index (Phi) is 6.87. The van der Waals surface area contributed by atoms with Crippen molar-refractivity contribution >= 4 is 10.2 Å². The van der Waals surface area contributed by atoms with Crippen LogP contribution in [0.25, 0.3) is 0 Å². The minimum absolute atomic E-state index is 0.00421. The Balaban J connectivity index is 2.51. The summed E-state index contributed by atoms with van der Waals surface area (Å²) in [5.74, 6) is 0. The summed E-state index contributed by atoms with van der Waals surface area (Å²) in [6.45, 7) is 2.00. The van der Waals surface area contributed by atoms with Gasteiger partial charge in [0.05, 0.1) is 5.60 Å². The van der Waals surface area contributed by atoms with Gasteiger partial charge < -0.3 is 9.84 Å². The highest BCUT2D eigenvalue weighted by Crippen LogP contribution is 2.23. The molecular formula is C13H28N2O4S. The topological polar surface area (TPSA) is 78.9 Å². The number of nitrogens with zero attached hydrogens (tertiary/aromatic N) is 1. The summed E-state index contributed by atoms with van der Waals surface area (Å²) in [7, 11) is -0.370. The molecule has 0 radical (unpaired) electrons. The molecule has 0 bridgehead atoms. The minimum atomic E-state index is -3.54. The molecule has 20 heavy (non-hydrogen) atoms. The Hall–Kier alpha value is -0.210. The van der Waals surface area contributed by atoms with Crippen LogP contribution in [0.3, 0.4) is 0 Å². The summed E-state index contributed by atoms with van der Waals surface area (Å²) in [4.78, 5) is 0. The Labute approximate surface area is 122 Å². The van der Waals surface area contributed by atoms with E-state index in [0.717, 1.165) is 25.7 Å². The zero-order valence-corrected chi connectivity index (χ0v) is 13.6. The molecule has 1 saturated carbocycles. The first kappa shape index (κ1) is 17.8. The second-order valence-corrected chi connectivity index (χ2v) is 7.69. The quantitative estimate of drug-likeness (QED) is 0.697. The number of ether oxygens (including phenoxy) is 1. The van der Waals surface area contributed by atoms with Crippen LogP contribution in [0, 0.1) is 0 Å². The van der Waals surface area contributed by atoms with E-state index >= 15 is 0 Å². The number of aliphatic hydroxyl groups is 1. The number of methoxy groups -OCH3 is 1. The van der Waals surface area contributed by atoms with Gasteiger partial charge in [-0.3, -0.25) is 0 Å². The second kappa shape index (κ2) is 7.70. The highest BCUT2D eigenvalue weighted by Gasteiger charge is 2.29. The third-order valence-electron chi connectivity index (χ3n) is 3.95. The van der Waals surface area contributed by atoms with Gasteiger partial charge in [-0.2, -0.15) is 17.4 Å². The molecule has 0 aromatic heterocycles. The molecule has 7 heteroatoms. The Morgan fingerprint density at radius 1 is 1.35 bits per heavy atom. The van der Waals surface area contributed by atoms with Gasteiger partial charge in [0.15, 0.2) is 0 Å². The molecule has 0 spiro atoms. The number of nitrogens with one attached hydrogen (secondary N) is 1. The maximum atomic E-state index is 12.2. The standard InChI is InChI=1S/C13H28N2O4S/c1-13(16,9-10-19-3)11-14-20(17,18)15(2)12-7-5-4-6-8-12/h12,14,16H,4-11H2,1-3H3. The van der Waals surface area contributed by atoms with Gasteiger partial charge in [-0.1, -0.05) is 19.3 Å². The molecule has 1 atom stereocenters. The number of hydrogen-bond acceptors (Lipinski definition) is 4. The molecule has 6 nitrogen and oxygen atoms in total. The van der Waals surface area contributed by atoms with Gasteiger partial charge in [0.2, 0.25) is 0 Å². The van der Waals surface area contributed by atoms with Crippen LogP contribution in [0.4, 0.5) is 0 Å². The third kappa shape index (κ3) is 5.65. The van der Waals surface area contributed by atoms with Crippen molar-refractivity contribution in [3.05, 3.63) is 0 Å². The van der Waals surface area contributed by atoms with E-state index in [1.165, 1.54) is 10.7 Å². The summed E-state index contributed by atoms with van der Waals surface area (Å²) < 4.78 is 33.3. The van der Waals surface area contributed by atoms with Crippen LogP contribution < -0.4 is 4.72 Å². The van der Waals surface area contributed by atoms with Crippen molar-refractivity contribution in [2.24, 2.45) is 0 Å². The SMILES string of the molecule is COCCC(C)(O)CNS(=O)(=O)N(C)C1CCCCC1. The highest BCUT2D eigenvalue weighted by atomic mass is 32.2. The Morgan fingerprint density at radius 2 is 1.95 bits per heavy atom. The van der Waals surface area contributed by atoms with Gasteiger partial charge in [-0.15, -0.1) is 0 Å². The van der Waals surface area contributed by atoms with Crippen LogP contribution in [0.5, 0.6) is 0 Å². The van der Waals surface area contributed by atoms with E-state index in [1.807, 2.05) is 0 Å². The predicted octanol–water partition coefficient (Wildman–Crippen LogP) is 0.873. The molecule has 1 aliphatic carbocycles. The lowest BCUT2D eigenvalue weighted by molar-refractivity contribution is 0.0288. The lowest BCUT2D eigenvalue weighted by Crippen LogP contribution is -2.49. The van der Waals surface area contributed by atoms with Crippen molar-refractivity contribution < 1.29 is 18.3 Å². The van der Waals surface area contributed by atoms with Crippen molar-refractivity contribution in [2.75, 3.05) is 27.3 Å². The number of rotatable bonds is 8. The van der Waals surface area contributed by atoms with E-state index in [1.54, 1.807) is 21.1 Å². The molecule has 1 unspecified atom stereocenters. The first-order chi connectivity index (χ1) is 9.28. The molecule has 1 aliphatic rings. The van der Waals surface area contributed by atoms with Gasteiger partial charge >= 0.3 is 0 Å². The van der Waals surface area contributed by atoms with Crippen LogP contribution in [0.1, 0.15) is 45.4 Å². The van der Waals surface area contributed by atoms with Crippen LogP contribution in [0.2, 0.25) is 0 Å². The first-order valence-electron chi connectivity index (χ1n) is 7.22. The van der Waals surface area contributed by atoms with Crippen molar-refractivity contribution in [1.82, 2.24) is 9.03 Å². The van der Waals surface area contributed by atoms with Crippen LogP contribution >= 0.6 is 0 Å². The fourth-order valence-electron chi connectivity index (χ4n) is 2.40. The molecule has 2 N–H and O–H groups in total. The second-order valence-electron chi connectivity index (χ2n) is 5.87. The van der Waals surface area contributed by atoms with E-state index in [0.29, 0.717) is 13.0 Å². The zero-order chi connectivity index (χ0) is 15.2. The van der Waals surface area contributed by atoms with Crippen molar-refractivity contribution in [3.63, 3.8) is 0 Å². The average molecular weight is 308 g/mol. The normalized spacial score (nSPS) is 21.1. The predicted molar refractivity (Wildman–Crippen MR) is 78.7 cm³/mol. The fourth-order valence-corrected chi connectivity index (χ4v) is 3.70. The molecule has 120 valence electrons. The van der Waals surface area contributed by atoms with Crippen LogP contribution in [0.15, 0.2) is 0 Å². The molecular weight excluding hydrogens is 280 g/mol. The van der Waals surface area contributed by atoms with Crippen molar-refractivity contribution in [2.45, 2.75) is 57.1 Å². The van der Waals surface area contributed by atoms with E-state index in [-0.39, 0.29) is 12.6 Å². The summed E-state index contributed by atoms with van der Waals surface area (Å²) in [6, 6.07) is 0.0742. The fraction of sp³-hybridized carbons (Fsp3) is 1.00. The van der Waals surface area contributed by atoms with Crippen molar-refractivity contribution in [3.8, 4) is 0 Å². The Morgan fingerprint density at radius 3 is 2.50 bits per heavy atom. The molecule has 0 aromatic rings. The summed E-state index contributed by atoms with van der Waals surface area (Å²) >= 11 is 0. The third-order valence-corrected chi connectivity index (χ3v) is 5.51.